The summed E-state index contributed by atoms with van der Waals surface area (Å²) >= 11 is 1.58. The van der Waals surface area contributed by atoms with Gasteiger partial charge in [0.05, 0.1) is 12.9 Å². The van der Waals surface area contributed by atoms with Gasteiger partial charge >= 0.3 is 0 Å². The lowest BCUT2D eigenvalue weighted by atomic mass is 10.1. The standard InChI is InChI=1S/C24H32N2O3S/c1-5-22(24(28)25-6-2)26(15-19-11-13-21(29-4)14-12-19)23(27)17-30-16-20-9-7-18(3)8-10-20/h7-14,22H,5-6,15-17H2,1-4H3,(H,25,28)/t22-/m0/s1. The van der Waals surface area contributed by atoms with Crippen LogP contribution in [0.15, 0.2) is 48.5 Å². The molecule has 0 aliphatic heterocycles. The molecule has 0 spiro atoms. The first kappa shape index (κ1) is 23.8. The van der Waals surface area contributed by atoms with Crippen molar-refractivity contribution in [3.8, 4) is 5.75 Å². The summed E-state index contributed by atoms with van der Waals surface area (Å²) in [6.45, 7) is 6.82. The van der Waals surface area contributed by atoms with Gasteiger partial charge in [-0.3, -0.25) is 9.59 Å². The quantitative estimate of drug-likeness (QED) is 0.583. The molecular weight excluding hydrogens is 396 g/mol. The summed E-state index contributed by atoms with van der Waals surface area (Å²) in [5.41, 5.74) is 3.38. The zero-order valence-electron chi connectivity index (χ0n) is 18.3. The summed E-state index contributed by atoms with van der Waals surface area (Å²) in [5.74, 6) is 1.73. The summed E-state index contributed by atoms with van der Waals surface area (Å²) in [4.78, 5) is 27.4. The molecule has 0 aromatic heterocycles. The fourth-order valence-electron chi connectivity index (χ4n) is 3.16. The Labute approximate surface area is 184 Å². The minimum absolute atomic E-state index is 0.0268. The molecule has 0 saturated heterocycles. The zero-order chi connectivity index (χ0) is 21.9. The van der Waals surface area contributed by atoms with Crippen LogP contribution in [0, 0.1) is 6.92 Å². The van der Waals surface area contributed by atoms with Crippen molar-refractivity contribution in [2.75, 3.05) is 19.4 Å². The predicted molar refractivity (Wildman–Crippen MR) is 124 cm³/mol. The summed E-state index contributed by atoms with van der Waals surface area (Å²) < 4.78 is 5.21. The van der Waals surface area contributed by atoms with E-state index in [-0.39, 0.29) is 11.8 Å². The molecule has 1 atom stereocenters. The highest BCUT2D eigenvalue weighted by Crippen LogP contribution is 2.19. The predicted octanol–water partition coefficient (Wildman–Crippen LogP) is 4.18. The second kappa shape index (κ2) is 12.3. The van der Waals surface area contributed by atoms with Gasteiger partial charge in [0.1, 0.15) is 11.8 Å². The highest BCUT2D eigenvalue weighted by atomic mass is 32.2. The first-order valence-electron chi connectivity index (χ1n) is 10.3. The van der Waals surface area contributed by atoms with E-state index >= 15 is 0 Å². The van der Waals surface area contributed by atoms with Gasteiger partial charge in [0, 0.05) is 18.8 Å². The minimum Gasteiger partial charge on any atom is -0.497 e. The van der Waals surface area contributed by atoms with Crippen molar-refractivity contribution in [3.63, 3.8) is 0 Å². The number of methoxy groups -OCH3 is 1. The molecule has 0 fully saturated rings. The molecule has 6 heteroatoms. The van der Waals surface area contributed by atoms with Crippen molar-refractivity contribution in [2.24, 2.45) is 0 Å². The smallest absolute Gasteiger partial charge is 0.242 e. The van der Waals surface area contributed by atoms with Crippen LogP contribution in [-0.2, 0) is 21.9 Å². The highest BCUT2D eigenvalue weighted by Gasteiger charge is 2.28. The average Bonchev–Trinajstić information content (AvgIpc) is 2.75. The molecule has 0 aliphatic carbocycles. The molecule has 2 aromatic rings. The maximum atomic E-state index is 13.1. The number of aryl methyl sites for hydroxylation is 1. The molecule has 1 N–H and O–H groups in total. The van der Waals surface area contributed by atoms with E-state index in [1.54, 1.807) is 23.8 Å². The van der Waals surface area contributed by atoms with Gasteiger partial charge in [-0.15, -0.1) is 11.8 Å². The Hall–Kier alpha value is -2.47. The second-order valence-corrected chi connectivity index (χ2v) is 8.15. The van der Waals surface area contributed by atoms with E-state index in [1.165, 1.54) is 11.1 Å². The lowest BCUT2D eigenvalue weighted by Gasteiger charge is -2.30. The highest BCUT2D eigenvalue weighted by molar-refractivity contribution is 7.99. The van der Waals surface area contributed by atoms with Gasteiger partial charge < -0.3 is 15.0 Å². The van der Waals surface area contributed by atoms with Crippen molar-refractivity contribution in [2.45, 2.75) is 45.5 Å². The molecule has 0 heterocycles. The normalized spacial score (nSPS) is 11.6. The lowest BCUT2D eigenvalue weighted by Crippen LogP contribution is -2.49. The number of hydrogen-bond donors (Lipinski definition) is 1. The Morgan fingerprint density at radius 3 is 2.23 bits per heavy atom. The van der Waals surface area contributed by atoms with Crippen LogP contribution < -0.4 is 10.1 Å². The van der Waals surface area contributed by atoms with E-state index in [4.69, 9.17) is 4.74 Å². The number of amides is 2. The van der Waals surface area contributed by atoms with E-state index in [1.807, 2.05) is 38.1 Å². The van der Waals surface area contributed by atoms with Crippen LogP contribution in [0.3, 0.4) is 0 Å². The Kier molecular flexibility index (Phi) is 9.74. The third-order valence-electron chi connectivity index (χ3n) is 4.86. The van der Waals surface area contributed by atoms with Gasteiger partial charge in [0.2, 0.25) is 11.8 Å². The van der Waals surface area contributed by atoms with Gasteiger partial charge in [-0.1, -0.05) is 48.9 Å². The number of carbonyl (C=O) groups is 2. The van der Waals surface area contributed by atoms with Crippen LogP contribution in [0.25, 0.3) is 0 Å². The maximum absolute atomic E-state index is 13.1. The largest absolute Gasteiger partial charge is 0.497 e. The summed E-state index contributed by atoms with van der Waals surface area (Å²) in [6, 6.07) is 15.5. The third kappa shape index (κ3) is 7.10. The Bertz CT molecular complexity index is 806. The van der Waals surface area contributed by atoms with Crippen LogP contribution in [0.5, 0.6) is 5.75 Å². The van der Waals surface area contributed by atoms with Gasteiger partial charge in [-0.05, 0) is 43.5 Å². The Balaban J connectivity index is 2.10. The number of nitrogens with zero attached hydrogens (tertiary/aromatic N) is 1. The molecule has 0 unspecified atom stereocenters. The third-order valence-corrected chi connectivity index (χ3v) is 5.85. The molecular formula is C24H32N2O3S. The Morgan fingerprint density at radius 1 is 1.03 bits per heavy atom. The number of likely N-dealkylation sites (N-methyl/N-ethyl adjacent to an activating group) is 1. The molecule has 2 aromatic carbocycles. The van der Waals surface area contributed by atoms with E-state index < -0.39 is 6.04 Å². The second-order valence-electron chi connectivity index (χ2n) is 7.17. The van der Waals surface area contributed by atoms with Crippen molar-refractivity contribution >= 4 is 23.6 Å². The molecule has 162 valence electrons. The van der Waals surface area contributed by atoms with E-state index in [0.717, 1.165) is 17.1 Å². The first-order valence-corrected chi connectivity index (χ1v) is 11.5. The number of hydrogen-bond acceptors (Lipinski definition) is 4. The van der Waals surface area contributed by atoms with Crippen LogP contribution in [0.2, 0.25) is 0 Å². The van der Waals surface area contributed by atoms with Gasteiger partial charge in [-0.25, -0.2) is 0 Å². The molecule has 2 rings (SSSR count). The van der Waals surface area contributed by atoms with Crippen molar-refractivity contribution in [1.29, 1.82) is 0 Å². The van der Waals surface area contributed by atoms with Crippen LogP contribution >= 0.6 is 11.8 Å². The zero-order valence-corrected chi connectivity index (χ0v) is 19.1. The summed E-state index contributed by atoms with van der Waals surface area (Å²) in [5, 5.41) is 2.86. The van der Waals surface area contributed by atoms with Crippen molar-refractivity contribution in [1.82, 2.24) is 10.2 Å². The molecule has 0 aliphatic rings. The molecule has 0 bridgehead atoms. The van der Waals surface area contributed by atoms with Gasteiger partial charge in [-0.2, -0.15) is 0 Å². The van der Waals surface area contributed by atoms with E-state index in [9.17, 15) is 9.59 Å². The fraction of sp³-hybridized carbons (Fsp3) is 0.417. The molecule has 0 radical (unpaired) electrons. The number of rotatable bonds is 11. The van der Waals surface area contributed by atoms with E-state index in [2.05, 4.69) is 36.5 Å². The maximum Gasteiger partial charge on any atom is 0.242 e. The number of thioether (sulfide) groups is 1. The molecule has 30 heavy (non-hydrogen) atoms. The van der Waals surface area contributed by atoms with Crippen LogP contribution in [0.4, 0.5) is 0 Å². The van der Waals surface area contributed by atoms with Gasteiger partial charge in [0.15, 0.2) is 0 Å². The number of benzene rings is 2. The first-order chi connectivity index (χ1) is 14.5. The molecule has 5 nitrogen and oxygen atoms in total. The number of ether oxygens (including phenoxy) is 1. The van der Waals surface area contributed by atoms with Crippen molar-refractivity contribution < 1.29 is 14.3 Å². The topological polar surface area (TPSA) is 58.6 Å². The average molecular weight is 429 g/mol. The number of nitrogens with one attached hydrogen (secondary N) is 1. The molecule has 2 amide bonds. The summed E-state index contributed by atoms with van der Waals surface area (Å²) in [6.07, 6.45) is 0.566. The summed E-state index contributed by atoms with van der Waals surface area (Å²) in [7, 11) is 1.62. The fourth-order valence-corrected chi connectivity index (χ4v) is 4.03. The van der Waals surface area contributed by atoms with Gasteiger partial charge in [0.25, 0.3) is 0 Å². The van der Waals surface area contributed by atoms with Crippen LogP contribution in [-0.4, -0.2) is 42.2 Å². The Morgan fingerprint density at radius 2 is 1.67 bits per heavy atom. The lowest BCUT2D eigenvalue weighted by molar-refractivity contribution is -0.139. The van der Waals surface area contributed by atoms with E-state index in [0.29, 0.717) is 25.3 Å². The minimum atomic E-state index is -0.487. The number of carbonyl (C=O) groups excluding carboxylic acids is 2. The SMILES string of the molecule is CCNC(=O)[C@H](CC)N(Cc1ccc(OC)cc1)C(=O)CSCc1ccc(C)cc1. The molecule has 0 saturated carbocycles. The monoisotopic (exact) mass is 428 g/mol. The van der Waals surface area contributed by atoms with Crippen molar-refractivity contribution in [3.05, 3.63) is 65.2 Å². The van der Waals surface area contributed by atoms with Crippen LogP contribution in [0.1, 0.15) is 37.0 Å².